The Bertz CT molecular complexity index is 313. The van der Waals surface area contributed by atoms with Crippen molar-refractivity contribution >= 4 is 11.6 Å². The first-order chi connectivity index (χ1) is 7.58. The fourth-order valence-corrected chi connectivity index (χ4v) is 4.58. The predicted molar refractivity (Wildman–Crippen MR) is 60.8 cm³/mol. The number of fused-ring (bicyclic) bond motifs is 3. The first-order valence-corrected chi connectivity index (χ1v) is 6.66. The van der Waals surface area contributed by atoms with E-state index >= 15 is 0 Å². The maximum atomic E-state index is 12.1. The molecule has 0 aromatic heterocycles. The lowest BCUT2D eigenvalue weighted by atomic mass is 9.68. The molecule has 2 heteroatoms. The van der Waals surface area contributed by atoms with Crippen molar-refractivity contribution in [1.29, 1.82) is 0 Å². The fourth-order valence-electron chi connectivity index (χ4n) is 4.58. The molecule has 0 spiro atoms. The summed E-state index contributed by atoms with van der Waals surface area (Å²) in [7, 11) is 0. The lowest BCUT2D eigenvalue weighted by Gasteiger charge is -2.33. The second-order valence-electron chi connectivity index (χ2n) is 6.42. The monoisotopic (exact) mass is 220 g/mol. The molecule has 3 fully saturated rings. The van der Waals surface area contributed by atoms with E-state index in [1.165, 1.54) is 12.8 Å². The number of carbonyl (C=O) groups is 2. The number of hydrogen-bond donors (Lipinski definition) is 0. The van der Waals surface area contributed by atoms with Crippen LogP contribution in [0.5, 0.6) is 0 Å². The van der Waals surface area contributed by atoms with Gasteiger partial charge in [-0.15, -0.1) is 0 Å². The highest BCUT2D eigenvalue weighted by Gasteiger charge is 2.54. The van der Waals surface area contributed by atoms with E-state index in [-0.39, 0.29) is 23.4 Å². The molecule has 3 rings (SSSR count). The van der Waals surface area contributed by atoms with Crippen molar-refractivity contribution in [1.82, 2.24) is 0 Å². The standard InChI is InChI=1S/C14H20O2/c1-7-3-9-10-4-8(2)6-12(10)14(16)13(15)11(9)5-7/h7-12H,3-6H2,1-2H3. The van der Waals surface area contributed by atoms with Gasteiger partial charge in [-0.05, 0) is 49.4 Å². The lowest BCUT2D eigenvalue weighted by Crippen LogP contribution is -2.43. The second kappa shape index (κ2) is 3.41. The summed E-state index contributed by atoms with van der Waals surface area (Å²) in [4.78, 5) is 24.1. The molecule has 0 N–H and O–H groups in total. The first kappa shape index (κ1) is 10.5. The van der Waals surface area contributed by atoms with Crippen LogP contribution in [-0.4, -0.2) is 11.6 Å². The van der Waals surface area contributed by atoms with Crippen molar-refractivity contribution in [3.8, 4) is 0 Å². The Balaban J connectivity index is 1.94. The summed E-state index contributed by atoms with van der Waals surface area (Å²) in [6.07, 6.45) is 4.29. The summed E-state index contributed by atoms with van der Waals surface area (Å²) in [6, 6.07) is 0. The van der Waals surface area contributed by atoms with Crippen LogP contribution in [0.3, 0.4) is 0 Å². The Morgan fingerprint density at radius 3 is 1.50 bits per heavy atom. The quantitative estimate of drug-likeness (QED) is 0.588. The van der Waals surface area contributed by atoms with Crippen LogP contribution in [0.2, 0.25) is 0 Å². The van der Waals surface area contributed by atoms with Gasteiger partial charge in [-0.25, -0.2) is 0 Å². The van der Waals surface area contributed by atoms with Gasteiger partial charge in [0.05, 0.1) is 0 Å². The van der Waals surface area contributed by atoms with Gasteiger partial charge in [-0.2, -0.15) is 0 Å². The van der Waals surface area contributed by atoms with E-state index < -0.39 is 0 Å². The average molecular weight is 220 g/mol. The van der Waals surface area contributed by atoms with Gasteiger partial charge in [0.1, 0.15) is 0 Å². The van der Waals surface area contributed by atoms with E-state index in [0.717, 1.165) is 12.8 Å². The molecule has 2 nitrogen and oxygen atoms in total. The summed E-state index contributed by atoms with van der Waals surface area (Å²) in [5.74, 6) is 2.49. The van der Waals surface area contributed by atoms with Crippen LogP contribution in [0.15, 0.2) is 0 Å². The number of hydrogen-bond acceptors (Lipinski definition) is 2. The zero-order valence-corrected chi connectivity index (χ0v) is 10.1. The molecular formula is C14H20O2. The molecule has 0 bridgehead atoms. The Hall–Kier alpha value is -0.660. The molecule has 3 saturated carbocycles. The zero-order valence-electron chi connectivity index (χ0n) is 10.1. The van der Waals surface area contributed by atoms with Crippen LogP contribution in [0.25, 0.3) is 0 Å². The third-order valence-corrected chi connectivity index (χ3v) is 5.16. The SMILES string of the molecule is CC1CC2C(=O)C(=O)C3CC(C)CC3C2C1. The van der Waals surface area contributed by atoms with Gasteiger partial charge in [0.15, 0.2) is 0 Å². The zero-order chi connectivity index (χ0) is 11.4. The molecule has 3 aliphatic rings. The van der Waals surface area contributed by atoms with Crippen LogP contribution in [0.4, 0.5) is 0 Å². The Kier molecular flexibility index (Phi) is 2.24. The predicted octanol–water partition coefficient (Wildman–Crippen LogP) is 2.46. The lowest BCUT2D eigenvalue weighted by molar-refractivity contribution is -0.147. The summed E-state index contributed by atoms with van der Waals surface area (Å²) in [6.45, 7) is 4.45. The van der Waals surface area contributed by atoms with E-state index in [1.54, 1.807) is 0 Å². The maximum Gasteiger partial charge on any atom is 0.202 e. The van der Waals surface area contributed by atoms with Crippen LogP contribution in [0.1, 0.15) is 39.5 Å². The average Bonchev–Trinajstić information content (AvgIpc) is 2.78. The minimum Gasteiger partial charge on any atom is -0.291 e. The van der Waals surface area contributed by atoms with Crippen molar-refractivity contribution in [3.05, 3.63) is 0 Å². The molecular weight excluding hydrogens is 200 g/mol. The minimum absolute atomic E-state index is 0.0234. The van der Waals surface area contributed by atoms with E-state index in [1.807, 2.05) is 0 Å². The summed E-state index contributed by atoms with van der Waals surface area (Å²) < 4.78 is 0. The van der Waals surface area contributed by atoms with Crippen molar-refractivity contribution in [2.45, 2.75) is 39.5 Å². The number of carbonyl (C=O) groups excluding carboxylic acids is 2. The summed E-state index contributed by atoms with van der Waals surface area (Å²) >= 11 is 0. The van der Waals surface area contributed by atoms with Crippen LogP contribution >= 0.6 is 0 Å². The summed E-state index contributed by atoms with van der Waals surface area (Å²) in [5.41, 5.74) is 0. The fraction of sp³-hybridized carbons (Fsp3) is 0.857. The van der Waals surface area contributed by atoms with Crippen molar-refractivity contribution in [3.63, 3.8) is 0 Å². The van der Waals surface area contributed by atoms with Gasteiger partial charge in [0, 0.05) is 11.8 Å². The van der Waals surface area contributed by atoms with E-state index in [9.17, 15) is 9.59 Å². The minimum atomic E-state index is -0.0234. The topological polar surface area (TPSA) is 34.1 Å². The van der Waals surface area contributed by atoms with Gasteiger partial charge in [0.25, 0.3) is 0 Å². The van der Waals surface area contributed by atoms with Gasteiger partial charge >= 0.3 is 0 Å². The Morgan fingerprint density at radius 1 is 0.750 bits per heavy atom. The van der Waals surface area contributed by atoms with Crippen LogP contribution in [0, 0.1) is 35.5 Å². The highest BCUT2D eigenvalue weighted by molar-refractivity contribution is 6.39. The molecule has 0 radical (unpaired) electrons. The largest absolute Gasteiger partial charge is 0.291 e. The molecule has 88 valence electrons. The van der Waals surface area contributed by atoms with Crippen LogP contribution < -0.4 is 0 Å². The van der Waals surface area contributed by atoms with Gasteiger partial charge < -0.3 is 0 Å². The smallest absolute Gasteiger partial charge is 0.202 e. The van der Waals surface area contributed by atoms with Crippen LogP contribution in [-0.2, 0) is 9.59 Å². The van der Waals surface area contributed by atoms with E-state index in [4.69, 9.17) is 0 Å². The highest BCUT2D eigenvalue weighted by atomic mass is 16.2. The van der Waals surface area contributed by atoms with Crippen molar-refractivity contribution in [2.75, 3.05) is 0 Å². The van der Waals surface area contributed by atoms with Gasteiger partial charge in [-0.1, -0.05) is 13.8 Å². The number of Topliss-reactive ketones (excluding diaryl/α,β-unsaturated/α-hetero) is 2. The van der Waals surface area contributed by atoms with Gasteiger partial charge in [0.2, 0.25) is 11.6 Å². The Labute approximate surface area is 96.8 Å². The van der Waals surface area contributed by atoms with Crippen molar-refractivity contribution in [2.24, 2.45) is 35.5 Å². The molecule has 6 atom stereocenters. The van der Waals surface area contributed by atoms with Gasteiger partial charge in [-0.3, -0.25) is 9.59 Å². The van der Waals surface area contributed by atoms with Crippen molar-refractivity contribution < 1.29 is 9.59 Å². The van der Waals surface area contributed by atoms with E-state index in [0.29, 0.717) is 23.7 Å². The second-order valence-corrected chi connectivity index (χ2v) is 6.42. The Morgan fingerprint density at radius 2 is 1.12 bits per heavy atom. The molecule has 0 heterocycles. The molecule has 16 heavy (non-hydrogen) atoms. The molecule has 0 aliphatic heterocycles. The first-order valence-electron chi connectivity index (χ1n) is 6.66. The number of rotatable bonds is 0. The molecule has 6 unspecified atom stereocenters. The molecule has 0 aromatic carbocycles. The molecule has 0 saturated heterocycles. The maximum absolute atomic E-state index is 12.1. The molecule has 0 aromatic rings. The third kappa shape index (κ3) is 1.31. The summed E-state index contributed by atoms with van der Waals surface area (Å²) in [5, 5.41) is 0. The number of ketones is 2. The van der Waals surface area contributed by atoms with E-state index in [2.05, 4.69) is 13.8 Å². The highest BCUT2D eigenvalue weighted by Crippen LogP contribution is 2.53. The third-order valence-electron chi connectivity index (χ3n) is 5.16. The molecule has 0 amide bonds. The molecule has 3 aliphatic carbocycles. The normalized spacial score (nSPS) is 51.6.